The van der Waals surface area contributed by atoms with Crippen LogP contribution < -0.4 is 10.1 Å². The zero-order chi connectivity index (χ0) is 21.0. The highest BCUT2D eigenvalue weighted by Crippen LogP contribution is 2.29. The lowest BCUT2D eigenvalue weighted by Gasteiger charge is -2.32. The Morgan fingerprint density at radius 1 is 1.24 bits per heavy atom. The number of hydrogen-bond acceptors (Lipinski definition) is 5. The van der Waals surface area contributed by atoms with Crippen LogP contribution in [-0.4, -0.2) is 38.8 Å². The van der Waals surface area contributed by atoms with Gasteiger partial charge in [-0.25, -0.2) is 8.42 Å². The second kappa shape index (κ2) is 9.28. The second-order valence-electron chi connectivity index (χ2n) is 7.62. The van der Waals surface area contributed by atoms with E-state index in [2.05, 4.69) is 19.2 Å². The van der Waals surface area contributed by atoms with Crippen molar-refractivity contribution in [2.75, 3.05) is 20.2 Å². The normalized spacial score (nSPS) is 19.1. The van der Waals surface area contributed by atoms with Gasteiger partial charge in [0, 0.05) is 18.0 Å². The minimum absolute atomic E-state index is 0.0592. The van der Waals surface area contributed by atoms with Crippen LogP contribution in [0.5, 0.6) is 5.75 Å². The summed E-state index contributed by atoms with van der Waals surface area (Å²) >= 11 is 1.62. The molecule has 0 radical (unpaired) electrons. The molecule has 0 aliphatic carbocycles. The van der Waals surface area contributed by atoms with Crippen LogP contribution in [0.1, 0.15) is 37.6 Å². The molecule has 1 amide bonds. The number of rotatable bonds is 7. The first-order chi connectivity index (χ1) is 13.8. The lowest BCUT2D eigenvalue weighted by atomic mass is 9.96. The number of hydrogen-bond donors (Lipinski definition) is 1. The van der Waals surface area contributed by atoms with Gasteiger partial charge in [-0.2, -0.15) is 4.31 Å². The number of benzene rings is 1. The number of ether oxygens (including phenoxy) is 1. The molecule has 2 heterocycles. The minimum Gasteiger partial charge on any atom is -0.497 e. The van der Waals surface area contributed by atoms with Crippen LogP contribution in [0, 0.1) is 11.8 Å². The lowest BCUT2D eigenvalue weighted by molar-refractivity contribution is -0.127. The van der Waals surface area contributed by atoms with E-state index in [4.69, 9.17) is 4.74 Å². The van der Waals surface area contributed by atoms with Gasteiger partial charge in [0.1, 0.15) is 5.75 Å². The molecule has 1 aliphatic rings. The van der Waals surface area contributed by atoms with Crippen LogP contribution in [-0.2, 0) is 14.8 Å². The predicted octanol–water partition coefficient (Wildman–Crippen LogP) is 3.67. The molecule has 2 unspecified atom stereocenters. The highest BCUT2D eigenvalue weighted by molar-refractivity contribution is 7.89. The molecule has 0 spiro atoms. The summed E-state index contributed by atoms with van der Waals surface area (Å²) in [5, 5.41) is 5.15. The van der Waals surface area contributed by atoms with Gasteiger partial charge in [-0.15, -0.1) is 11.3 Å². The minimum atomic E-state index is -3.64. The molecule has 1 N–H and O–H groups in total. The topological polar surface area (TPSA) is 75.7 Å². The Balaban J connectivity index is 1.71. The summed E-state index contributed by atoms with van der Waals surface area (Å²) in [6.45, 7) is 4.78. The third-order valence-corrected chi connectivity index (χ3v) is 8.10. The molecule has 1 aromatic heterocycles. The van der Waals surface area contributed by atoms with E-state index in [1.165, 1.54) is 11.4 Å². The van der Waals surface area contributed by atoms with Crippen molar-refractivity contribution in [2.45, 2.75) is 37.6 Å². The first-order valence-electron chi connectivity index (χ1n) is 9.81. The van der Waals surface area contributed by atoms with Crippen molar-refractivity contribution < 1.29 is 17.9 Å². The number of sulfonamides is 1. The molecule has 0 saturated carbocycles. The van der Waals surface area contributed by atoms with Crippen LogP contribution in [0.2, 0.25) is 0 Å². The molecule has 6 nitrogen and oxygen atoms in total. The molecule has 1 aromatic carbocycles. The Hall–Kier alpha value is -1.90. The molecule has 29 heavy (non-hydrogen) atoms. The molecule has 2 aromatic rings. The zero-order valence-electron chi connectivity index (χ0n) is 17.0. The Labute approximate surface area is 176 Å². The molecule has 1 aliphatic heterocycles. The summed E-state index contributed by atoms with van der Waals surface area (Å²) in [6, 6.07) is 10.3. The molecule has 2 atom stereocenters. The van der Waals surface area contributed by atoms with E-state index in [0.29, 0.717) is 25.1 Å². The molecular weight excluding hydrogens is 408 g/mol. The van der Waals surface area contributed by atoms with Crippen LogP contribution in [0.15, 0.2) is 46.7 Å². The van der Waals surface area contributed by atoms with Crippen molar-refractivity contribution in [2.24, 2.45) is 11.8 Å². The van der Waals surface area contributed by atoms with Crippen LogP contribution in [0.3, 0.4) is 0 Å². The van der Waals surface area contributed by atoms with E-state index in [9.17, 15) is 13.2 Å². The van der Waals surface area contributed by atoms with E-state index in [0.717, 1.165) is 4.88 Å². The van der Waals surface area contributed by atoms with Crippen LogP contribution in [0.4, 0.5) is 0 Å². The number of thiophene rings is 1. The fourth-order valence-electron chi connectivity index (χ4n) is 3.58. The molecule has 158 valence electrons. The smallest absolute Gasteiger partial charge is 0.243 e. The largest absolute Gasteiger partial charge is 0.497 e. The first kappa shape index (κ1) is 21.8. The van der Waals surface area contributed by atoms with E-state index in [-0.39, 0.29) is 35.2 Å². The van der Waals surface area contributed by atoms with Gasteiger partial charge >= 0.3 is 0 Å². The van der Waals surface area contributed by atoms with Crippen LogP contribution in [0.25, 0.3) is 0 Å². The highest BCUT2D eigenvalue weighted by Gasteiger charge is 2.34. The molecule has 1 saturated heterocycles. The predicted molar refractivity (Wildman–Crippen MR) is 115 cm³/mol. The maximum absolute atomic E-state index is 13.0. The molecule has 1 fully saturated rings. The van der Waals surface area contributed by atoms with Gasteiger partial charge in [-0.1, -0.05) is 19.9 Å². The summed E-state index contributed by atoms with van der Waals surface area (Å²) in [4.78, 5) is 14.3. The summed E-state index contributed by atoms with van der Waals surface area (Å²) in [5.41, 5.74) is 0. The number of piperidine rings is 1. The van der Waals surface area contributed by atoms with Gasteiger partial charge in [0.15, 0.2) is 0 Å². The average molecular weight is 437 g/mol. The first-order valence-corrected chi connectivity index (χ1v) is 12.1. The average Bonchev–Trinajstić information content (AvgIpc) is 3.26. The number of methoxy groups -OCH3 is 1. The van der Waals surface area contributed by atoms with E-state index < -0.39 is 10.0 Å². The van der Waals surface area contributed by atoms with Gasteiger partial charge in [-0.3, -0.25) is 4.79 Å². The molecular formula is C21H28N2O4S2. The Kier molecular flexibility index (Phi) is 6.97. The van der Waals surface area contributed by atoms with Gasteiger partial charge in [0.05, 0.1) is 24.0 Å². The van der Waals surface area contributed by atoms with Crippen LogP contribution >= 0.6 is 11.3 Å². The molecule has 8 heteroatoms. The fourth-order valence-corrected chi connectivity index (χ4v) is 6.05. The van der Waals surface area contributed by atoms with Crippen molar-refractivity contribution in [3.8, 4) is 5.75 Å². The standard InChI is InChI=1S/C21H28N2O4S2/c1-15(2)20(19-7-5-13-28-19)22-21(24)16-6-4-12-23(14-16)29(25,26)18-10-8-17(27-3)9-11-18/h5,7-11,13,15-16,20H,4,6,12,14H2,1-3H3,(H,22,24). The quantitative estimate of drug-likeness (QED) is 0.719. The summed E-state index contributed by atoms with van der Waals surface area (Å²) in [6.07, 6.45) is 1.36. The van der Waals surface area contributed by atoms with Gasteiger partial charge in [0.25, 0.3) is 0 Å². The Bertz CT molecular complexity index is 909. The monoisotopic (exact) mass is 436 g/mol. The fraction of sp³-hybridized carbons (Fsp3) is 0.476. The van der Waals surface area contributed by atoms with Crippen molar-refractivity contribution in [3.63, 3.8) is 0 Å². The van der Waals surface area contributed by atoms with Crippen molar-refractivity contribution in [3.05, 3.63) is 46.7 Å². The van der Waals surface area contributed by atoms with E-state index in [1.54, 1.807) is 35.6 Å². The van der Waals surface area contributed by atoms with Crippen molar-refractivity contribution in [1.29, 1.82) is 0 Å². The van der Waals surface area contributed by atoms with Crippen molar-refractivity contribution in [1.82, 2.24) is 9.62 Å². The zero-order valence-corrected chi connectivity index (χ0v) is 18.6. The second-order valence-corrected chi connectivity index (χ2v) is 10.5. The van der Waals surface area contributed by atoms with Crippen molar-refractivity contribution >= 4 is 27.3 Å². The highest BCUT2D eigenvalue weighted by atomic mass is 32.2. The maximum Gasteiger partial charge on any atom is 0.243 e. The molecule has 3 rings (SSSR count). The Morgan fingerprint density at radius 3 is 2.55 bits per heavy atom. The lowest BCUT2D eigenvalue weighted by Crippen LogP contribution is -2.46. The summed E-state index contributed by atoms with van der Waals surface area (Å²) in [5.74, 6) is 0.429. The van der Waals surface area contributed by atoms with Gasteiger partial charge in [-0.05, 0) is 54.5 Å². The summed E-state index contributed by atoms with van der Waals surface area (Å²) < 4.78 is 32.6. The third-order valence-electron chi connectivity index (χ3n) is 5.27. The number of nitrogens with one attached hydrogen (secondary N) is 1. The number of nitrogens with zero attached hydrogens (tertiary/aromatic N) is 1. The number of carbonyl (C=O) groups excluding carboxylic acids is 1. The maximum atomic E-state index is 13.0. The van der Waals surface area contributed by atoms with E-state index in [1.807, 2.05) is 17.5 Å². The molecule has 0 bridgehead atoms. The number of carbonyl (C=O) groups is 1. The SMILES string of the molecule is COc1ccc(S(=O)(=O)N2CCCC(C(=O)NC(c3cccs3)C(C)C)C2)cc1. The summed E-state index contributed by atoms with van der Waals surface area (Å²) in [7, 11) is -2.10. The van der Waals surface area contributed by atoms with Gasteiger partial charge < -0.3 is 10.1 Å². The Morgan fingerprint density at radius 2 is 1.97 bits per heavy atom. The third kappa shape index (κ3) is 4.99. The van der Waals surface area contributed by atoms with Gasteiger partial charge in [0.2, 0.25) is 15.9 Å². The number of amides is 1. The van der Waals surface area contributed by atoms with E-state index >= 15 is 0 Å².